The first-order chi connectivity index (χ1) is 17.1. The highest BCUT2D eigenvalue weighted by Gasteiger charge is 2.50. The van der Waals surface area contributed by atoms with Crippen molar-refractivity contribution >= 4 is 17.8 Å². The Morgan fingerprint density at radius 3 is 2.16 bits per heavy atom. The first-order valence-electron chi connectivity index (χ1n) is 11.2. The molecule has 1 aromatic rings. The van der Waals surface area contributed by atoms with Gasteiger partial charge in [0.25, 0.3) is 0 Å². The lowest BCUT2D eigenvalue weighted by Crippen LogP contribution is -2.45. The number of ether oxygens (including phenoxy) is 1. The number of rotatable bonds is 5. The number of nitrogens with zero attached hydrogens (tertiary/aromatic N) is 2. The number of carboxylic acids is 2. The maximum absolute atomic E-state index is 12.2. The van der Waals surface area contributed by atoms with Crippen LogP contribution in [0, 0.1) is 17.3 Å². The Morgan fingerprint density at radius 1 is 1.11 bits per heavy atom. The number of fused-ring (bicyclic) bond motifs is 1. The summed E-state index contributed by atoms with van der Waals surface area (Å²) in [7, 11) is 0. The predicted octanol–water partition coefficient (Wildman–Crippen LogP) is 2.71. The molecule has 15 heteroatoms. The molecule has 1 aromatic heterocycles. The van der Waals surface area contributed by atoms with E-state index in [-0.39, 0.29) is 17.2 Å². The SMILES string of the molecule is O=C(NC[C@]12COC[C@H]1CN(Cc1cccnc1)C2)C1CCC1.O=C(O)C(F)(F)F.O=C(O)C(F)(F)F. The van der Waals surface area contributed by atoms with E-state index >= 15 is 0 Å². The Labute approximate surface area is 207 Å². The van der Waals surface area contributed by atoms with Crippen LogP contribution in [-0.4, -0.2) is 83.1 Å². The summed E-state index contributed by atoms with van der Waals surface area (Å²) >= 11 is 0. The second-order valence-electron chi connectivity index (χ2n) is 9.06. The maximum Gasteiger partial charge on any atom is 0.490 e. The van der Waals surface area contributed by atoms with E-state index in [0.29, 0.717) is 5.92 Å². The third-order valence-electron chi connectivity index (χ3n) is 6.30. The lowest BCUT2D eigenvalue weighted by atomic mass is 9.80. The van der Waals surface area contributed by atoms with Crippen molar-refractivity contribution in [3.63, 3.8) is 0 Å². The zero-order valence-electron chi connectivity index (χ0n) is 19.5. The number of halogens is 6. The Kier molecular flexibility index (Phi) is 10.3. The number of carboxylic acid groups (broad SMARTS) is 2. The number of alkyl halides is 6. The second kappa shape index (κ2) is 12.5. The molecule has 208 valence electrons. The van der Waals surface area contributed by atoms with Crippen molar-refractivity contribution in [1.82, 2.24) is 15.2 Å². The van der Waals surface area contributed by atoms with Crippen molar-refractivity contribution in [1.29, 1.82) is 0 Å². The fraction of sp³-hybridized carbons (Fsp3) is 0.636. The van der Waals surface area contributed by atoms with E-state index in [2.05, 4.69) is 21.3 Å². The highest BCUT2D eigenvalue weighted by atomic mass is 19.4. The zero-order valence-corrected chi connectivity index (χ0v) is 19.5. The molecule has 2 aliphatic heterocycles. The van der Waals surface area contributed by atoms with E-state index in [0.717, 1.165) is 52.2 Å². The van der Waals surface area contributed by atoms with Gasteiger partial charge in [-0.15, -0.1) is 0 Å². The molecular formula is C22H27F6N3O6. The number of hydrogen-bond acceptors (Lipinski definition) is 6. The zero-order chi connectivity index (χ0) is 27.9. The van der Waals surface area contributed by atoms with E-state index in [9.17, 15) is 31.1 Å². The molecule has 3 heterocycles. The molecule has 0 unspecified atom stereocenters. The van der Waals surface area contributed by atoms with Gasteiger partial charge in [0, 0.05) is 55.8 Å². The number of nitrogens with one attached hydrogen (secondary N) is 1. The molecule has 3 N–H and O–H groups in total. The van der Waals surface area contributed by atoms with Gasteiger partial charge in [-0.25, -0.2) is 9.59 Å². The van der Waals surface area contributed by atoms with Gasteiger partial charge in [0.1, 0.15) is 0 Å². The summed E-state index contributed by atoms with van der Waals surface area (Å²) in [5.74, 6) is -4.47. The molecule has 4 rings (SSSR count). The molecule has 2 saturated heterocycles. The summed E-state index contributed by atoms with van der Waals surface area (Å²) < 4.78 is 69.2. The van der Waals surface area contributed by atoms with Crippen LogP contribution in [-0.2, 0) is 25.7 Å². The van der Waals surface area contributed by atoms with Crippen molar-refractivity contribution < 1.29 is 55.7 Å². The van der Waals surface area contributed by atoms with Gasteiger partial charge in [0.15, 0.2) is 0 Å². The number of pyridine rings is 1. The third-order valence-corrected chi connectivity index (χ3v) is 6.30. The second-order valence-corrected chi connectivity index (χ2v) is 9.06. The minimum atomic E-state index is -5.08. The molecule has 9 nitrogen and oxygen atoms in total. The molecule has 3 aliphatic rings. The van der Waals surface area contributed by atoms with Gasteiger partial charge in [0.05, 0.1) is 13.2 Å². The largest absolute Gasteiger partial charge is 0.490 e. The lowest BCUT2D eigenvalue weighted by Gasteiger charge is -2.30. The maximum atomic E-state index is 12.2. The van der Waals surface area contributed by atoms with Gasteiger partial charge in [-0.05, 0) is 24.5 Å². The van der Waals surface area contributed by atoms with Gasteiger partial charge >= 0.3 is 24.3 Å². The standard InChI is InChI=1S/C18H25N3O2.2C2HF3O2/c22-17(15-4-1-5-15)20-11-18-12-21(9-16(18)10-23-13-18)8-14-3-2-6-19-7-14;2*3-2(4,5)1(6)7/h2-3,6-7,15-16H,1,4-5,8-13H2,(H,20,22);2*(H,6,7)/t16-,18+;;/m1../s1. The summed E-state index contributed by atoms with van der Waals surface area (Å²) in [6, 6.07) is 4.12. The van der Waals surface area contributed by atoms with Crippen LogP contribution in [0.15, 0.2) is 24.5 Å². The minimum Gasteiger partial charge on any atom is -0.475 e. The molecule has 0 spiro atoms. The van der Waals surface area contributed by atoms with Gasteiger partial charge < -0.3 is 20.3 Å². The van der Waals surface area contributed by atoms with E-state index in [1.54, 1.807) is 0 Å². The molecule has 2 atom stereocenters. The molecule has 1 aliphatic carbocycles. The van der Waals surface area contributed by atoms with Crippen LogP contribution < -0.4 is 5.32 Å². The molecule has 1 amide bonds. The monoisotopic (exact) mass is 543 g/mol. The van der Waals surface area contributed by atoms with Gasteiger partial charge in [-0.2, -0.15) is 26.3 Å². The average molecular weight is 543 g/mol. The first-order valence-corrected chi connectivity index (χ1v) is 11.2. The molecule has 1 saturated carbocycles. The van der Waals surface area contributed by atoms with Gasteiger partial charge in [-0.1, -0.05) is 12.5 Å². The molecule has 0 radical (unpaired) electrons. The Morgan fingerprint density at radius 2 is 1.70 bits per heavy atom. The Bertz CT molecular complexity index is 902. The quantitative estimate of drug-likeness (QED) is 0.484. The average Bonchev–Trinajstić information content (AvgIpc) is 3.28. The number of aliphatic carboxylic acids is 2. The number of carbonyl (C=O) groups excluding carboxylic acids is 1. The van der Waals surface area contributed by atoms with Gasteiger partial charge in [-0.3, -0.25) is 14.7 Å². The van der Waals surface area contributed by atoms with Crippen molar-refractivity contribution in [3.8, 4) is 0 Å². The summed E-state index contributed by atoms with van der Waals surface area (Å²) in [5.41, 5.74) is 1.35. The predicted molar refractivity (Wildman–Crippen MR) is 114 cm³/mol. The molecular weight excluding hydrogens is 516 g/mol. The van der Waals surface area contributed by atoms with Crippen LogP contribution in [0.5, 0.6) is 0 Å². The smallest absolute Gasteiger partial charge is 0.475 e. The summed E-state index contributed by atoms with van der Waals surface area (Å²) in [6.45, 7) is 5.33. The summed E-state index contributed by atoms with van der Waals surface area (Å²) in [6.07, 6.45) is -3.09. The van der Waals surface area contributed by atoms with Crippen LogP contribution in [0.4, 0.5) is 26.3 Å². The topological polar surface area (TPSA) is 129 Å². The van der Waals surface area contributed by atoms with Crippen LogP contribution in [0.2, 0.25) is 0 Å². The van der Waals surface area contributed by atoms with Crippen LogP contribution in [0.1, 0.15) is 24.8 Å². The van der Waals surface area contributed by atoms with Crippen molar-refractivity contribution in [3.05, 3.63) is 30.1 Å². The Hall–Kier alpha value is -2.94. The minimum absolute atomic E-state index is 0.0988. The normalized spacial score (nSPS) is 23.5. The third kappa shape index (κ3) is 9.14. The molecule has 0 bridgehead atoms. The van der Waals surface area contributed by atoms with Crippen LogP contribution in [0.25, 0.3) is 0 Å². The highest BCUT2D eigenvalue weighted by Crippen LogP contribution is 2.41. The van der Waals surface area contributed by atoms with Crippen LogP contribution >= 0.6 is 0 Å². The number of likely N-dealkylation sites (tertiary alicyclic amines) is 1. The first kappa shape index (κ1) is 30.3. The van der Waals surface area contributed by atoms with Crippen molar-refractivity contribution in [2.45, 2.75) is 38.2 Å². The number of aromatic nitrogens is 1. The summed E-state index contributed by atoms with van der Waals surface area (Å²) in [5, 5.41) is 17.5. The number of hydrogen-bond donors (Lipinski definition) is 3. The molecule has 0 aromatic carbocycles. The van der Waals surface area contributed by atoms with Gasteiger partial charge in [0.2, 0.25) is 5.91 Å². The molecule has 3 fully saturated rings. The van der Waals surface area contributed by atoms with Crippen LogP contribution in [0.3, 0.4) is 0 Å². The summed E-state index contributed by atoms with van der Waals surface area (Å²) in [4.78, 5) is 36.6. The van der Waals surface area contributed by atoms with E-state index < -0.39 is 24.3 Å². The number of amides is 1. The Balaban J connectivity index is 0.000000286. The fourth-order valence-electron chi connectivity index (χ4n) is 4.14. The highest BCUT2D eigenvalue weighted by molar-refractivity contribution is 5.79. The molecule has 37 heavy (non-hydrogen) atoms. The lowest BCUT2D eigenvalue weighted by molar-refractivity contribution is -0.193. The van der Waals surface area contributed by atoms with E-state index in [1.165, 1.54) is 12.0 Å². The van der Waals surface area contributed by atoms with Crippen molar-refractivity contribution in [2.75, 3.05) is 32.8 Å². The fourth-order valence-corrected chi connectivity index (χ4v) is 4.14. The van der Waals surface area contributed by atoms with Crippen molar-refractivity contribution in [2.24, 2.45) is 17.3 Å². The van der Waals surface area contributed by atoms with E-state index in [1.807, 2.05) is 18.5 Å². The number of carbonyl (C=O) groups is 3. The van der Waals surface area contributed by atoms with E-state index in [4.69, 9.17) is 24.5 Å².